The minimum absolute atomic E-state index is 0.249. The fourth-order valence-corrected chi connectivity index (χ4v) is 6.90. The molecule has 0 aromatic rings. The van der Waals surface area contributed by atoms with Gasteiger partial charge in [0.1, 0.15) is 24.4 Å². The SMILES string of the molecule is CCCCCCCC/C=C\CCCCCC(=O)NC(COC1OC(CO)C(O)C(OS(=O)(=O)O)C1O)C(O)CCCCCCCCCCCCC. The van der Waals surface area contributed by atoms with Crippen LogP contribution in [-0.4, -0.2) is 95.4 Å². The van der Waals surface area contributed by atoms with E-state index in [1.54, 1.807) is 0 Å². The lowest BCUT2D eigenvalue weighted by atomic mass is 9.99. The zero-order valence-corrected chi connectivity index (χ0v) is 32.5. The Labute approximate surface area is 309 Å². The predicted octanol–water partition coefficient (Wildman–Crippen LogP) is 6.43. The van der Waals surface area contributed by atoms with E-state index in [4.69, 9.17) is 14.0 Å². The van der Waals surface area contributed by atoms with Gasteiger partial charge < -0.3 is 35.2 Å². The van der Waals surface area contributed by atoms with E-state index in [1.165, 1.54) is 83.5 Å². The van der Waals surface area contributed by atoms with Gasteiger partial charge in [0.15, 0.2) is 6.29 Å². The molecule has 13 heteroatoms. The third-order valence-corrected chi connectivity index (χ3v) is 10.0. The molecule has 0 aromatic carbocycles. The summed E-state index contributed by atoms with van der Waals surface area (Å²) in [5.41, 5.74) is 0. The maximum atomic E-state index is 12.9. The average molecular weight is 752 g/mol. The molecule has 0 radical (unpaired) electrons. The summed E-state index contributed by atoms with van der Waals surface area (Å²) in [6, 6.07) is -0.860. The zero-order chi connectivity index (χ0) is 37.7. The number of aliphatic hydroxyl groups is 4. The molecule has 7 atom stereocenters. The molecule has 51 heavy (non-hydrogen) atoms. The molecule has 302 valence electrons. The zero-order valence-electron chi connectivity index (χ0n) is 31.7. The third kappa shape index (κ3) is 24.0. The van der Waals surface area contributed by atoms with Gasteiger partial charge in [0.2, 0.25) is 5.91 Å². The van der Waals surface area contributed by atoms with E-state index in [-0.39, 0.29) is 18.9 Å². The molecule has 12 nitrogen and oxygen atoms in total. The molecule has 0 aromatic heterocycles. The molecule has 1 fully saturated rings. The first-order valence-corrected chi connectivity index (χ1v) is 21.4. The van der Waals surface area contributed by atoms with Crippen LogP contribution in [0.5, 0.6) is 0 Å². The van der Waals surface area contributed by atoms with Crippen LogP contribution in [0.4, 0.5) is 0 Å². The van der Waals surface area contributed by atoms with Gasteiger partial charge in [-0.05, 0) is 38.5 Å². The van der Waals surface area contributed by atoms with Crippen LogP contribution in [0.25, 0.3) is 0 Å². The highest BCUT2D eigenvalue weighted by Gasteiger charge is 2.48. The van der Waals surface area contributed by atoms with Gasteiger partial charge in [0.05, 0.1) is 25.4 Å². The van der Waals surface area contributed by atoms with Crippen LogP contribution in [0.15, 0.2) is 12.2 Å². The molecular formula is C38H73NO11S. The fraction of sp³-hybridized carbons (Fsp3) is 0.921. The molecule has 1 saturated heterocycles. The lowest BCUT2D eigenvalue weighted by Crippen LogP contribution is -2.61. The van der Waals surface area contributed by atoms with Crippen molar-refractivity contribution in [2.75, 3.05) is 13.2 Å². The third-order valence-electron chi connectivity index (χ3n) is 9.57. The Balaban J connectivity index is 2.60. The van der Waals surface area contributed by atoms with Gasteiger partial charge in [-0.15, -0.1) is 0 Å². The number of aliphatic hydroxyl groups excluding tert-OH is 4. The number of nitrogens with one attached hydrogen (secondary N) is 1. The van der Waals surface area contributed by atoms with Crippen molar-refractivity contribution in [1.29, 1.82) is 0 Å². The molecule has 0 aliphatic carbocycles. The van der Waals surface area contributed by atoms with E-state index in [0.29, 0.717) is 12.8 Å². The molecule has 0 bridgehead atoms. The van der Waals surface area contributed by atoms with Crippen molar-refractivity contribution in [3.8, 4) is 0 Å². The van der Waals surface area contributed by atoms with E-state index in [2.05, 4.69) is 35.5 Å². The minimum atomic E-state index is -5.07. The molecule has 6 N–H and O–H groups in total. The van der Waals surface area contributed by atoms with Crippen molar-refractivity contribution in [1.82, 2.24) is 5.32 Å². The Hall–Kier alpha value is -1.16. The number of hydrogen-bond acceptors (Lipinski definition) is 10. The first-order valence-electron chi connectivity index (χ1n) is 20.1. The molecule has 1 rings (SSSR count). The fourth-order valence-electron chi connectivity index (χ4n) is 6.39. The Morgan fingerprint density at radius 1 is 0.765 bits per heavy atom. The van der Waals surface area contributed by atoms with Crippen LogP contribution in [0.2, 0.25) is 0 Å². The quantitative estimate of drug-likeness (QED) is 0.0246. The number of carbonyl (C=O) groups is 1. The number of carbonyl (C=O) groups excluding carboxylic acids is 1. The summed E-state index contributed by atoms with van der Waals surface area (Å²) in [4.78, 5) is 12.9. The molecule has 7 unspecified atom stereocenters. The summed E-state index contributed by atoms with van der Waals surface area (Å²) in [6.07, 6.45) is 20.8. The molecule has 1 aliphatic rings. The van der Waals surface area contributed by atoms with Gasteiger partial charge in [-0.3, -0.25) is 9.35 Å². The second-order valence-electron chi connectivity index (χ2n) is 14.2. The summed E-state index contributed by atoms with van der Waals surface area (Å²) < 4.78 is 47.4. The van der Waals surface area contributed by atoms with Crippen LogP contribution in [0.3, 0.4) is 0 Å². The number of unbranched alkanes of at least 4 members (excludes halogenated alkanes) is 19. The topological polar surface area (TPSA) is 192 Å². The second kappa shape index (κ2) is 30.2. The van der Waals surface area contributed by atoms with Crippen molar-refractivity contribution >= 4 is 16.3 Å². The molecule has 0 saturated carbocycles. The summed E-state index contributed by atoms with van der Waals surface area (Å²) in [5, 5.41) is 44.6. The molecular weight excluding hydrogens is 678 g/mol. The Morgan fingerprint density at radius 3 is 1.76 bits per heavy atom. The van der Waals surface area contributed by atoms with Crippen LogP contribution in [0.1, 0.15) is 168 Å². The van der Waals surface area contributed by atoms with Gasteiger partial charge in [-0.25, -0.2) is 4.18 Å². The van der Waals surface area contributed by atoms with Crippen LogP contribution in [-0.2, 0) is 28.9 Å². The monoisotopic (exact) mass is 751 g/mol. The van der Waals surface area contributed by atoms with Gasteiger partial charge in [-0.2, -0.15) is 8.42 Å². The van der Waals surface area contributed by atoms with Gasteiger partial charge in [0.25, 0.3) is 0 Å². The number of allylic oxidation sites excluding steroid dienone is 2. The van der Waals surface area contributed by atoms with E-state index in [1.807, 2.05) is 0 Å². The van der Waals surface area contributed by atoms with E-state index >= 15 is 0 Å². The van der Waals surface area contributed by atoms with Crippen molar-refractivity contribution in [3.63, 3.8) is 0 Å². The highest BCUT2D eigenvalue weighted by Crippen LogP contribution is 2.26. The molecule has 1 heterocycles. The van der Waals surface area contributed by atoms with E-state index < -0.39 is 59.9 Å². The van der Waals surface area contributed by atoms with Crippen LogP contribution < -0.4 is 5.32 Å². The molecule has 1 amide bonds. The second-order valence-corrected chi connectivity index (χ2v) is 15.3. The van der Waals surface area contributed by atoms with Crippen molar-refractivity contribution < 1.29 is 51.8 Å². The summed E-state index contributed by atoms with van der Waals surface area (Å²) in [7, 11) is -5.07. The first kappa shape index (κ1) is 47.9. The Morgan fingerprint density at radius 2 is 1.25 bits per heavy atom. The number of hydrogen-bond donors (Lipinski definition) is 6. The number of amides is 1. The van der Waals surface area contributed by atoms with Crippen molar-refractivity contribution in [2.24, 2.45) is 0 Å². The van der Waals surface area contributed by atoms with E-state index in [0.717, 1.165) is 51.4 Å². The molecule has 0 spiro atoms. The minimum Gasteiger partial charge on any atom is -0.394 e. The smallest absolute Gasteiger partial charge is 0.394 e. The summed E-state index contributed by atoms with van der Waals surface area (Å²) >= 11 is 0. The highest BCUT2D eigenvalue weighted by molar-refractivity contribution is 7.80. The van der Waals surface area contributed by atoms with E-state index in [9.17, 15) is 33.6 Å². The average Bonchev–Trinajstić information content (AvgIpc) is 3.09. The standard InChI is InChI=1S/C38H73NO11S/c1-3-5-7-9-11-13-15-16-18-20-22-24-26-28-34(42)39-31(32(41)27-25-23-21-19-17-14-12-10-8-6-4-2)30-48-38-36(44)37(50-51(45,46)47)35(43)33(29-40)49-38/h16,18,31-33,35-38,40-41,43-44H,3-15,17,19-30H2,1-2H3,(H,39,42)(H,45,46,47)/b18-16-. The van der Waals surface area contributed by atoms with Gasteiger partial charge in [-0.1, -0.05) is 135 Å². The van der Waals surface area contributed by atoms with Gasteiger partial charge in [0, 0.05) is 6.42 Å². The maximum absolute atomic E-state index is 12.9. The summed E-state index contributed by atoms with van der Waals surface area (Å²) in [6.45, 7) is 3.39. The molecule has 1 aliphatic heterocycles. The van der Waals surface area contributed by atoms with Crippen molar-refractivity contribution in [3.05, 3.63) is 12.2 Å². The Kier molecular flexibility index (Phi) is 28.3. The number of ether oxygens (including phenoxy) is 2. The highest BCUT2D eigenvalue weighted by atomic mass is 32.3. The van der Waals surface area contributed by atoms with Gasteiger partial charge >= 0.3 is 10.4 Å². The lowest BCUT2D eigenvalue weighted by Gasteiger charge is -2.41. The lowest BCUT2D eigenvalue weighted by molar-refractivity contribution is -0.298. The first-order chi connectivity index (χ1) is 24.5. The summed E-state index contributed by atoms with van der Waals surface area (Å²) in [5.74, 6) is -0.249. The van der Waals surface area contributed by atoms with Crippen molar-refractivity contribution in [2.45, 2.75) is 211 Å². The van der Waals surface area contributed by atoms with Crippen LogP contribution >= 0.6 is 0 Å². The maximum Gasteiger partial charge on any atom is 0.397 e. The van der Waals surface area contributed by atoms with Crippen LogP contribution in [0, 0.1) is 0 Å². The normalized spacial score (nSPS) is 22.4. The largest absolute Gasteiger partial charge is 0.397 e. The Bertz CT molecular complexity index is 983. The predicted molar refractivity (Wildman–Crippen MR) is 199 cm³/mol. The number of rotatable bonds is 33.